The van der Waals surface area contributed by atoms with Gasteiger partial charge in [0.2, 0.25) is 0 Å². The normalized spacial score (nSPS) is 17.2. The smallest absolute Gasteiger partial charge is 0.485 e. The minimum absolute atomic E-state index is 0. The molecule has 1 aliphatic rings. The van der Waals surface area contributed by atoms with Gasteiger partial charge < -0.3 is 4.74 Å². The van der Waals surface area contributed by atoms with E-state index in [1.54, 1.807) is 6.92 Å². The number of carbonyl (C=O) groups excluding carboxylic acids is 1. The van der Waals surface area contributed by atoms with Crippen LogP contribution in [0.25, 0.3) is 0 Å². The molecule has 0 N–H and O–H groups in total. The first kappa shape index (κ1) is 12.4. The van der Waals surface area contributed by atoms with E-state index in [1.165, 1.54) is 19.3 Å². The van der Waals surface area contributed by atoms with Gasteiger partial charge in [-0.05, 0) is 25.7 Å². The predicted molar refractivity (Wildman–Crippen MR) is 38.3 cm³/mol. The summed E-state index contributed by atoms with van der Waals surface area (Å²) in [6, 6.07) is 0. The molecule has 0 radical (unpaired) electrons. The quantitative estimate of drug-likeness (QED) is 0.462. The van der Waals surface area contributed by atoms with E-state index >= 15 is 0 Å². The minimum atomic E-state index is -0.174. The Morgan fingerprint density at radius 1 is 1.45 bits per heavy atom. The van der Waals surface area contributed by atoms with E-state index < -0.39 is 0 Å². The first-order valence-electron chi connectivity index (χ1n) is 3.83. The van der Waals surface area contributed by atoms with Crippen molar-refractivity contribution in [3.05, 3.63) is 6.42 Å². The van der Waals surface area contributed by atoms with Crippen molar-refractivity contribution in [3.63, 3.8) is 0 Å². The summed E-state index contributed by atoms with van der Waals surface area (Å²) in [5.41, 5.74) is 0. The van der Waals surface area contributed by atoms with Crippen LogP contribution in [-0.4, -0.2) is 12.1 Å². The van der Waals surface area contributed by atoms with Gasteiger partial charge in [0, 0.05) is 0 Å². The van der Waals surface area contributed by atoms with E-state index in [1.807, 2.05) is 0 Å². The van der Waals surface area contributed by atoms with Gasteiger partial charge in [0.25, 0.3) is 0 Å². The van der Waals surface area contributed by atoms with Gasteiger partial charge in [0.1, 0.15) is 0 Å². The summed E-state index contributed by atoms with van der Waals surface area (Å²) in [6.07, 6.45) is 6.21. The molecule has 0 aromatic rings. The maximum atomic E-state index is 10.7. The van der Waals surface area contributed by atoms with Crippen LogP contribution in [0, 0.1) is 6.42 Å². The largest absolute Gasteiger partial charge is 1.00 e. The van der Waals surface area contributed by atoms with Crippen LogP contribution in [0.2, 0.25) is 0 Å². The predicted octanol–water partition coefficient (Wildman–Crippen LogP) is -1.30. The zero-order chi connectivity index (χ0) is 7.40. The van der Waals surface area contributed by atoms with Crippen molar-refractivity contribution in [2.75, 3.05) is 0 Å². The van der Waals surface area contributed by atoms with Gasteiger partial charge in [-0.1, -0.05) is 0 Å². The van der Waals surface area contributed by atoms with Gasteiger partial charge in [-0.2, -0.15) is 6.92 Å². The molecule has 2 nitrogen and oxygen atoms in total. The molecule has 0 aromatic heterocycles. The van der Waals surface area contributed by atoms with E-state index in [-0.39, 0.29) is 81.0 Å². The zero-order valence-corrected chi connectivity index (χ0v) is 13.6. The molecule has 3 heteroatoms. The molecule has 0 aromatic carbocycles. The molecule has 0 amide bonds. The summed E-state index contributed by atoms with van der Waals surface area (Å²) in [6.45, 7) is 1.71. The number of esters is 1. The Bertz CT molecular complexity index is 119. The fourth-order valence-electron chi connectivity index (χ4n) is 1.24. The summed E-state index contributed by atoms with van der Waals surface area (Å²) < 4.78 is 5.07. The molecule has 1 aliphatic carbocycles. The summed E-state index contributed by atoms with van der Waals surface area (Å²) in [7, 11) is 0. The van der Waals surface area contributed by atoms with Gasteiger partial charge in [0.05, 0.1) is 6.10 Å². The Labute approximate surface area is 127 Å². The molecule has 1 saturated carbocycles. The number of ether oxygens (including phenoxy) is 1. The molecule has 1 fully saturated rings. The van der Waals surface area contributed by atoms with Gasteiger partial charge in [-0.3, -0.25) is 11.2 Å². The van der Waals surface area contributed by atoms with E-state index in [2.05, 4.69) is 0 Å². The molecule has 0 unspecified atom stereocenters. The van der Waals surface area contributed by atoms with Crippen LogP contribution in [0.1, 0.15) is 32.6 Å². The third-order valence-electron chi connectivity index (χ3n) is 1.82. The fourth-order valence-corrected chi connectivity index (χ4v) is 1.24. The Morgan fingerprint density at radius 2 is 2.00 bits per heavy atom. The molecular formula is C8H13CsO2. The first-order chi connectivity index (χ1) is 4.83. The second kappa shape index (κ2) is 6.86. The van der Waals surface area contributed by atoms with E-state index in [4.69, 9.17) is 4.74 Å². The van der Waals surface area contributed by atoms with Crippen LogP contribution in [0.15, 0.2) is 0 Å². The number of hydrogen-bond acceptors (Lipinski definition) is 2. The van der Waals surface area contributed by atoms with Crippen molar-refractivity contribution >= 4 is 5.97 Å². The molecule has 0 spiro atoms. The van der Waals surface area contributed by atoms with E-state index in [0.29, 0.717) is 0 Å². The van der Waals surface area contributed by atoms with Crippen LogP contribution in [-0.2, 0) is 9.53 Å². The third-order valence-corrected chi connectivity index (χ3v) is 1.82. The maximum Gasteiger partial charge on any atom is 1.00 e. The van der Waals surface area contributed by atoms with Crippen molar-refractivity contribution in [1.29, 1.82) is 0 Å². The maximum absolute atomic E-state index is 10.7. The molecule has 58 valence electrons. The first-order valence-corrected chi connectivity index (χ1v) is 3.83. The van der Waals surface area contributed by atoms with Gasteiger partial charge in [-0.25, -0.2) is 0 Å². The van der Waals surface area contributed by atoms with Crippen LogP contribution < -0.4 is 68.9 Å². The minimum Gasteiger partial charge on any atom is -0.485 e. The molecule has 0 aliphatic heterocycles. The monoisotopic (exact) mass is 274 g/mol. The summed E-state index contributed by atoms with van der Waals surface area (Å²) in [4.78, 5) is 10.7. The van der Waals surface area contributed by atoms with Crippen LogP contribution in [0.3, 0.4) is 0 Å². The Balaban J connectivity index is 0.000001000. The topological polar surface area (TPSA) is 26.3 Å². The Hall–Kier alpha value is 1.39. The second-order valence-corrected chi connectivity index (χ2v) is 2.63. The molecule has 11 heavy (non-hydrogen) atoms. The molecule has 0 atom stereocenters. The van der Waals surface area contributed by atoms with Crippen LogP contribution >= 0.6 is 0 Å². The summed E-state index contributed by atoms with van der Waals surface area (Å²) in [5, 5.41) is 0. The molecule has 1 rings (SSSR count). The summed E-state index contributed by atoms with van der Waals surface area (Å²) in [5.74, 6) is -0.174. The van der Waals surface area contributed by atoms with Crippen molar-refractivity contribution in [1.82, 2.24) is 0 Å². The molecule has 0 saturated heterocycles. The van der Waals surface area contributed by atoms with Crippen LogP contribution in [0.5, 0.6) is 0 Å². The SMILES string of the molecule is C[CH-]C(=O)OC1CCCC1.[Cs+]. The van der Waals surface area contributed by atoms with E-state index in [0.717, 1.165) is 12.8 Å². The zero-order valence-electron chi connectivity index (χ0n) is 7.30. The van der Waals surface area contributed by atoms with Crippen molar-refractivity contribution in [2.45, 2.75) is 38.7 Å². The summed E-state index contributed by atoms with van der Waals surface area (Å²) >= 11 is 0. The molecule has 0 bridgehead atoms. The number of rotatable bonds is 2. The van der Waals surface area contributed by atoms with E-state index in [9.17, 15) is 4.79 Å². The Morgan fingerprint density at radius 3 is 2.45 bits per heavy atom. The number of carbonyl (C=O) groups is 1. The van der Waals surface area contributed by atoms with Gasteiger partial charge >= 0.3 is 68.9 Å². The average Bonchev–Trinajstić information content (AvgIpc) is 2.40. The standard InChI is InChI=1S/C8H13O2.Cs/c1-2-8(9)10-7-5-3-4-6-7;/h2,7H,3-6H2,1H3;/q-1;+1. The molecular weight excluding hydrogens is 261 g/mol. The third kappa shape index (κ3) is 4.85. The molecule has 0 heterocycles. The van der Waals surface area contributed by atoms with Crippen molar-refractivity contribution in [2.24, 2.45) is 0 Å². The van der Waals surface area contributed by atoms with Gasteiger partial charge in [-0.15, -0.1) is 0 Å². The Kier molecular flexibility index (Phi) is 7.73. The van der Waals surface area contributed by atoms with Crippen molar-refractivity contribution < 1.29 is 78.4 Å². The fraction of sp³-hybridized carbons (Fsp3) is 0.750. The number of hydrogen-bond donors (Lipinski definition) is 0. The second-order valence-electron chi connectivity index (χ2n) is 2.63. The van der Waals surface area contributed by atoms with Crippen molar-refractivity contribution in [3.8, 4) is 0 Å². The van der Waals surface area contributed by atoms with Crippen LogP contribution in [0.4, 0.5) is 0 Å². The average molecular weight is 274 g/mol. The van der Waals surface area contributed by atoms with Gasteiger partial charge in [0.15, 0.2) is 5.97 Å².